The Bertz CT molecular complexity index is 588. The zero-order chi connectivity index (χ0) is 15.9. The van der Waals surface area contributed by atoms with Crippen LogP contribution in [-0.4, -0.2) is 27.7 Å². The average molecular weight is 303 g/mol. The Morgan fingerprint density at radius 1 is 1.23 bits per heavy atom. The number of aryl methyl sites for hydroxylation is 1. The topological polar surface area (TPSA) is 101 Å². The van der Waals surface area contributed by atoms with E-state index in [0.29, 0.717) is 6.42 Å². The molecule has 5 nitrogen and oxygen atoms in total. The van der Waals surface area contributed by atoms with Gasteiger partial charge >= 0.3 is 11.9 Å². The summed E-state index contributed by atoms with van der Waals surface area (Å²) in [5.74, 6) is -3.10. The van der Waals surface area contributed by atoms with Gasteiger partial charge in [-0.25, -0.2) is 0 Å². The number of carbonyl (C=O) groups is 2. The van der Waals surface area contributed by atoms with Crippen molar-refractivity contribution in [2.75, 3.05) is 0 Å². The Hall–Kier alpha value is -1.88. The molecular weight excluding hydrogens is 282 g/mol. The second-order valence-corrected chi connectivity index (χ2v) is 6.60. The van der Waals surface area contributed by atoms with Gasteiger partial charge in [-0.05, 0) is 43.1 Å². The lowest BCUT2D eigenvalue weighted by atomic mass is 9.78. The van der Waals surface area contributed by atoms with Gasteiger partial charge in [0, 0.05) is 5.92 Å². The lowest BCUT2D eigenvalue weighted by Crippen LogP contribution is -2.55. The Balaban J connectivity index is 1.63. The molecular formula is C17H21NO4. The van der Waals surface area contributed by atoms with Crippen LogP contribution in [0.2, 0.25) is 0 Å². The summed E-state index contributed by atoms with van der Waals surface area (Å²) in [4.78, 5) is 22.8. The smallest absolute Gasteiger partial charge is 0.324 e. The summed E-state index contributed by atoms with van der Waals surface area (Å²) in [6, 6.07) is 10.1. The van der Waals surface area contributed by atoms with E-state index in [1.54, 1.807) is 0 Å². The zero-order valence-corrected chi connectivity index (χ0v) is 12.3. The Labute approximate surface area is 129 Å². The molecule has 5 heteroatoms. The van der Waals surface area contributed by atoms with Crippen LogP contribution in [-0.2, 0) is 16.0 Å². The molecule has 0 aliphatic heterocycles. The fraction of sp³-hybridized carbons (Fsp3) is 0.529. The van der Waals surface area contributed by atoms with Gasteiger partial charge in [-0.15, -0.1) is 0 Å². The van der Waals surface area contributed by atoms with Crippen molar-refractivity contribution in [2.45, 2.75) is 31.2 Å². The number of carboxylic acid groups (broad SMARTS) is 2. The summed E-state index contributed by atoms with van der Waals surface area (Å²) in [7, 11) is 0. The highest BCUT2D eigenvalue weighted by molar-refractivity contribution is 5.85. The van der Waals surface area contributed by atoms with E-state index in [0.717, 1.165) is 19.3 Å². The number of fused-ring (bicyclic) bond motifs is 1. The zero-order valence-electron chi connectivity index (χ0n) is 12.3. The number of rotatable bonds is 6. The number of benzene rings is 1. The van der Waals surface area contributed by atoms with Crippen molar-refractivity contribution < 1.29 is 19.8 Å². The molecule has 0 spiro atoms. The van der Waals surface area contributed by atoms with Crippen LogP contribution in [0, 0.1) is 23.7 Å². The molecule has 2 saturated carbocycles. The van der Waals surface area contributed by atoms with Gasteiger partial charge < -0.3 is 15.9 Å². The van der Waals surface area contributed by atoms with Crippen LogP contribution in [0.3, 0.4) is 0 Å². The van der Waals surface area contributed by atoms with Crippen LogP contribution in [0.15, 0.2) is 30.3 Å². The second kappa shape index (κ2) is 5.39. The molecule has 1 aromatic carbocycles. The lowest BCUT2D eigenvalue weighted by Gasteiger charge is -2.30. The normalized spacial score (nSPS) is 35.9. The van der Waals surface area contributed by atoms with Gasteiger partial charge in [0.05, 0.1) is 5.92 Å². The molecule has 5 atom stereocenters. The van der Waals surface area contributed by atoms with Gasteiger partial charge in [0.1, 0.15) is 5.54 Å². The first kappa shape index (κ1) is 15.0. The van der Waals surface area contributed by atoms with Gasteiger partial charge in [0.2, 0.25) is 0 Å². The first-order valence-electron chi connectivity index (χ1n) is 7.75. The standard InChI is InChI=1S/C17H21NO4/c18-17(16(21)22)11(9-12-13(14(12)17)15(19)20)8-4-7-10-5-2-1-3-6-10/h1-3,5-6,11-14H,4,7-9,18H2,(H,19,20)(H,21,22)/t11?,12-,13-,14-,17?/m0/s1. The molecule has 0 bridgehead atoms. The van der Waals surface area contributed by atoms with Crippen molar-refractivity contribution in [3.8, 4) is 0 Å². The Kier molecular flexibility index (Phi) is 3.68. The van der Waals surface area contributed by atoms with E-state index in [1.807, 2.05) is 18.2 Å². The molecule has 0 heterocycles. The van der Waals surface area contributed by atoms with E-state index in [9.17, 15) is 14.7 Å². The number of aliphatic carboxylic acids is 2. The fourth-order valence-electron chi connectivity index (χ4n) is 4.32. The summed E-state index contributed by atoms with van der Waals surface area (Å²) in [6.45, 7) is 0. The van der Waals surface area contributed by atoms with Crippen LogP contribution in [0.1, 0.15) is 24.8 Å². The van der Waals surface area contributed by atoms with Gasteiger partial charge in [0.25, 0.3) is 0 Å². The average Bonchev–Trinajstić information content (AvgIpc) is 3.14. The van der Waals surface area contributed by atoms with Crippen LogP contribution >= 0.6 is 0 Å². The molecule has 4 N–H and O–H groups in total. The Morgan fingerprint density at radius 3 is 2.50 bits per heavy atom. The van der Waals surface area contributed by atoms with Crippen LogP contribution in [0.25, 0.3) is 0 Å². The van der Waals surface area contributed by atoms with E-state index < -0.39 is 29.3 Å². The highest BCUT2D eigenvalue weighted by Crippen LogP contribution is 2.64. The summed E-state index contributed by atoms with van der Waals surface area (Å²) in [6.07, 6.45) is 3.12. The fourth-order valence-corrected chi connectivity index (χ4v) is 4.32. The first-order chi connectivity index (χ1) is 10.5. The van der Waals surface area contributed by atoms with Crippen molar-refractivity contribution in [3.05, 3.63) is 35.9 Å². The minimum absolute atomic E-state index is 0.0553. The van der Waals surface area contributed by atoms with Crippen molar-refractivity contribution >= 4 is 11.9 Å². The molecule has 0 saturated heterocycles. The highest BCUT2D eigenvalue weighted by Gasteiger charge is 2.73. The molecule has 2 aliphatic carbocycles. The van der Waals surface area contributed by atoms with E-state index in [4.69, 9.17) is 10.8 Å². The number of nitrogens with two attached hydrogens (primary N) is 1. The molecule has 0 radical (unpaired) electrons. The summed E-state index contributed by atoms with van der Waals surface area (Å²) >= 11 is 0. The summed E-state index contributed by atoms with van der Waals surface area (Å²) in [5, 5.41) is 18.7. The summed E-state index contributed by atoms with van der Waals surface area (Å²) in [5.41, 5.74) is 6.03. The maximum Gasteiger partial charge on any atom is 0.324 e. The SMILES string of the molecule is NC1(C(=O)O)C(CCCc2ccccc2)C[C@H]2[C@H](C(=O)O)[C@H]21. The molecule has 2 fully saturated rings. The van der Waals surface area contributed by atoms with E-state index in [1.165, 1.54) is 5.56 Å². The highest BCUT2D eigenvalue weighted by atomic mass is 16.4. The first-order valence-corrected chi connectivity index (χ1v) is 7.75. The van der Waals surface area contributed by atoms with E-state index in [-0.39, 0.29) is 11.8 Å². The van der Waals surface area contributed by atoms with E-state index in [2.05, 4.69) is 12.1 Å². The number of carboxylic acids is 2. The predicted molar refractivity (Wildman–Crippen MR) is 80.1 cm³/mol. The molecule has 1 aromatic rings. The number of hydrogen-bond donors (Lipinski definition) is 3. The van der Waals surface area contributed by atoms with Crippen LogP contribution in [0.4, 0.5) is 0 Å². The molecule has 118 valence electrons. The molecule has 2 unspecified atom stereocenters. The number of hydrogen-bond acceptors (Lipinski definition) is 3. The second-order valence-electron chi connectivity index (χ2n) is 6.60. The predicted octanol–water partition coefficient (Wildman–Crippen LogP) is 1.76. The molecule has 0 aromatic heterocycles. The third-order valence-electron chi connectivity index (χ3n) is 5.47. The van der Waals surface area contributed by atoms with Gasteiger partial charge in [-0.3, -0.25) is 9.59 Å². The molecule has 22 heavy (non-hydrogen) atoms. The van der Waals surface area contributed by atoms with Crippen molar-refractivity contribution in [3.63, 3.8) is 0 Å². The van der Waals surface area contributed by atoms with Crippen molar-refractivity contribution in [2.24, 2.45) is 29.4 Å². The van der Waals surface area contributed by atoms with Crippen molar-refractivity contribution in [1.82, 2.24) is 0 Å². The maximum atomic E-state index is 11.7. The molecule has 2 aliphatic rings. The minimum Gasteiger partial charge on any atom is -0.481 e. The minimum atomic E-state index is -1.37. The van der Waals surface area contributed by atoms with Crippen LogP contribution < -0.4 is 5.73 Å². The van der Waals surface area contributed by atoms with Crippen molar-refractivity contribution in [1.29, 1.82) is 0 Å². The third kappa shape index (κ3) is 2.29. The monoisotopic (exact) mass is 303 g/mol. The summed E-state index contributed by atoms with van der Waals surface area (Å²) < 4.78 is 0. The van der Waals surface area contributed by atoms with Gasteiger partial charge in [0.15, 0.2) is 0 Å². The Morgan fingerprint density at radius 2 is 1.91 bits per heavy atom. The molecule has 0 amide bonds. The van der Waals surface area contributed by atoms with Gasteiger partial charge in [-0.1, -0.05) is 30.3 Å². The lowest BCUT2D eigenvalue weighted by molar-refractivity contribution is -0.147. The van der Waals surface area contributed by atoms with Crippen LogP contribution in [0.5, 0.6) is 0 Å². The maximum absolute atomic E-state index is 11.7. The molecule has 3 rings (SSSR count). The third-order valence-corrected chi connectivity index (χ3v) is 5.47. The van der Waals surface area contributed by atoms with E-state index >= 15 is 0 Å². The largest absolute Gasteiger partial charge is 0.481 e. The van der Waals surface area contributed by atoms with Gasteiger partial charge in [-0.2, -0.15) is 0 Å². The quantitative estimate of drug-likeness (QED) is 0.743.